The van der Waals surface area contributed by atoms with Gasteiger partial charge in [0, 0.05) is 24.7 Å². The van der Waals surface area contributed by atoms with E-state index in [0.717, 1.165) is 30.2 Å². The quantitative estimate of drug-likeness (QED) is 0.823. The first-order valence-electron chi connectivity index (χ1n) is 5.92. The second-order valence-corrected chi connectivity index (χ2v) is 5.23. The highest BCUT2D eigenvalue weighted by atomic mass is 32.2. The Morgan fingerprint density at radius 1 is 1.67 bits per heavy atom. The molecule has 0 bridgehead atoms. The van der Waals surface area contributed by atoms with Crippen LogP contribution in [0, 0.1) is 0 Å². The van der Waals surface area contributed by atoms with Crippen molar-refractivity contribution in [2.45, 2.75) is 25.3 Å². The first kappa shape index (κ1) is 13.4. The molecule has 1 saturated heterocycles. The number of carboxylic acids is 1. The van der Waals surface area contributed by atoms with Crippen LogP contribution in [0.2, 0.25) is 0 Å². The Balaban J connectivity index is 2.17. The Labute approximate surface area is 110 Å². The lowest BCUT2D eigenvalue weighted by atomic mass is 10.1. The van der Waals surface area contributed by atoms with Gasteiger partial charge < -0.3 is 9.84 Å². The van der Waals surface area contributed by atoms with E-state index < -0.39 is 5.97 Å². The number of carboxylic acid groups (broad SMARTS) is 1. The monoisotopic (exact) mass is 271 g/mol. The van der Waals surface area contributed by atoms with Crippen LogP contribution in [-0.4, -0.2) is 51.1 Å². The highest BCUT2D eigenvalue weighted by molar-refractivity contribution is 7.98. The summed E-state index contributed by atoms with van der Waals surface area (Å²) in [5.74, 6) is 1.72. The summed E-state index contributed by atoms with van der Waals surface area (Å²) in [6, 6.07) is 0. The van der Waals surface area contributed by atoms with E-state index in [1.54, 1.807) is 11.8 Å². The zero-order chi connectivity index (χ0) is 13.0. The zero-order valence-corrected chi connectivity index (χ0v) is 11.2. The predicted molar refractivity (Wildman–Crippen MR) is 67.9 cm³/mol. The molecule has 1 aliphatic rings. The molecule has 1 aliphatic heterocycles. The first-order chi connectivity index (χ1) is 8.70. The van der Waals surface area contributed by atoms with E-state index in [1.165, 1.54) is 4.68 Å². The number of aromatic nitrogens is 3. The van der Waals surface area contributed by atoms with Crippen molar-refractivity contribution in [3.8, 4) is 0 Å². The summed E-state index contributed by atoms with van der Waals surface area (Å²) in [6.07, 6.45) is 3.69. The molecule has 1 aromatic heterocycles. The molecule has 0 aromatic carbocycles. The summed E-state index contributed by atoms with van der Waals surface area (Å²) in [5, 5.41) is 13.2. The maximum absolute atomic E-state index is 10.8. The summed E-state index contributed by atoms with van der Waals surface area (Å²) in [7, 11) is 0. The second kappa shape index (κ2) is 6.19. The van der Waals surface area contributed by atoms with Gasteiger partial charge >= 0.3 is 5.97 Å². The number of carbonyl (C=O) groups is 1. The van der Waals surface area contributed by atoms with E-state index >= 15 is 0 Å². The maximum Gasteiger partial charge on any atom is 0.325 e. The van der Waals surface area contributed by atoms with Crippen LogP contribution < -0.4 is 0 Å². The molecule has 1 atom stereocenters. The molecule has 0 saturated carbocycles. The molecule has 1 N–H and O–H groups in total. The smallest absolute Gasteiger partial charge is 0.325 e. The topological polar surface area (TPSA) is 77.2 Å². The summed E-state index contributed by atoms with van der Waals surface area (Å²) in [6.45, 7) is 1.20. The molecule has 6 nitrogen and oxygen atoms in total. The van der Waals surface area contributed by atoms with Gasteiger partial charge in [0.05, 0.1) is 6.61 Å². The Kier molecular flexibility index (Phi) is 4.60. The molecule has 2 heterocycles. The van der Waals surface area contributed by atoms with Crippen LogP contribution in [0.4, 0.5) is 0 Å². The molecule has 0 spiro atoms. The van der Waals surface area contributed by atoms with Gasteiger partial charge in [0.25, 0.3) is 0 Å². The molecule has 1 aromatic rings. The van der Waals surface area contributed by atoms with Gasteiger partial charge in [-0.3, -0.25) is 4.79 Å². The minimum Gasteiger partial charge on any atom is -0.480 e. The molecule has 7 heteroatoms. The molecule has 0 radical (unpaired) electrons. The van der Waals surface area contributed by atoms with Crippen molar-refractivity contribution in [2.24, 2.45) is 0 Å². The highest BCUT2D eigenvalue weighted by Gasteiger charge is 2.25. The third-order valence-corrected chi connectivity index (χ3v) is 3.47. The number of hydrogen-bond acceptors (Lipinski definition) is 5. The van der Waals surface area contributed by atoms with Crippen molar-refractivity contribution in [1.82, 2.24) is 14.8 Å². The molecule has 0 aliphatic carbocycles. The highest BCUT2D eigenvalue weighted by Crippen LogP contribution is 2.23. The number of ether oxygens (including phenoxy) is 1. The second-order valence-electron chi connectivity index (χ2n) is 4.24. The Bertz CT molecular complexity index is 416. The van der Waals surface area contributed by atoms with Gasteiger partial charge in [-0.15, -0.1) is 0 Å². The average molecular weight is 271 g/mol. The predicted octanol–water partition coefficient (Wildman–Crippen LogP) is 0.772. The largest absolute Gasteiger partial charge is 0.480 e. The third-order valence-electron chi connectivity index (χ3n) is 2.85. The van der Waals surface area contributed by atoms with Crippen molar-refractivity contribution in [3.05, 3.63) is 11.6 Å². The molecule has 18 heavy (non-hydrogen) atoms. The minimum absolute atomic E-state index is 0.127. The number of rotatable bonds is 6. The van der Waals surface area contributed by atoms with Gasteiger partial charge in [-0.1, -0.05) is 0 Å². The summed E-state index contributed by atoms with van der Waals surface area (Å²) in [4.78, 5) is 15.3. The number of nitrogens with zero attached hydrogens (tertiary/aromatic N) is 3. The van der Waals surface area contributed by atoms with Crippen LogP contribution in [0.3, 0.4) is 0 Å². The third kappa shape index (κ3) is 3.23. The van der Waals surface area contributed by atoms with Gasteiger partial charge in [-0.2, -0.15) is 16.9 Å². The number of aliphatic carboxylic acids is 1. The number of aryl methyl sites for hydroxylation is 1. The normalized spacial score (nSPS) is 19.3. The standard InChI is InChI=1S/C11H17N3O3S/c1-18-5-3-9-12-11(8-2-4-17-7-8)14(13-9)6-10(15)16/h8H,2-7H2,1H3,(H,15,16). The molecule has 1 fully saturated rings. The van der Waals surface area contributed by atoms with Gasteiger partial charge in [0.1, 0.15) is 12.4 Å². The van der Waals surface area contributed by atoms with E-state index in [1.807, 2.05) is 6.26 Å². The summed E-state index contributed by atoms with van der Waals surface area (Å²) < 4.78 is 6.84. The van der Waals surface area contributed by atoms with Gasteiger partial charge in [0.2, 0.25) is 0 Å². The van der Waals surface area contributed by atoms with Crippen LogP contribution in [-0.2, 0) is 22.5 Å². The van der Waals surface area contributed by atoms with Gasteiger partial charge in [-0.05, 0) is 12.7 Å². The lowest BCUT2D eigenvalue weighted by molar-refractivity contribution is -0.137. The molecule has 2 rings (SSSR count). The lowest BCUT2D eigenvalue weighted by Crippen LogP contribution is -2.16. The molecule has 0 amide bonds. The zero-order valence-electron chi connectivity index (χ0n) is 10.3. The van der Waals surface area contributed by atoms with Crippen LogP contribution >= 0.6 is 11.8 Å². The Hall–Kier alpha value is -1.08. The average Bonchev–Trinajstić information content (AvgIpc) is 2.94. The fraction of sp³-hybridized carbons (Fsp3) is 0.727. The fourth-order valence-corrected chi connectivity index (χ4v) is 2.37. The first-order valence-corrected chi connectivity index (χ1v) is 7.32. The number of thioether (sulfide) groups is 1. The van der Waals surface area contributed by atoms with E-state index in [4.69, 9.17) is 9.84 Å². The molecule has 1 unspecified atom stereocenters. The Morgan fingerprint density at radius 2 is 2.50 bits per heavy atom. The van der Waals surface area contributed by atoms with E-state index in [-0.39, 0.29) is 12.5 Å². The minimum atomic E-state index is -0.892. The van der Waals surface area contributed by atoms with Crippen LogP contribution in [0.1, 0.15) is 24.0 Å². The van der Waals surface area contributed by atoms with Gasteiger partial charge in [0.15, 0.2) is 5.82 Å². The maximum atomic E-state index is 10.8. The molecule has 100 valence electrons. The van der Waals surface area contributed by atoms with Crippen LogP contribution in [0.15, 0.2) is 0 Å². The fourth-order valence-electron chi connectivity index (χ4n) is 1.99. The van der Waals surface area contributed by atoms with Gasteiger partial charge in [-0.25, -0.2) is 9.67 Å². The van der Waals surface area contributed by atoms with Crippen LogP contribution in [0.25, 0.3) is 0 Å². The lowest BCUT2D eigenvalue weighted by Gasteiger charge is -2.07. The molecular formula is C11H17N3O3S. The molecular weight excluding hydrogens is 254 g/mol. The SMILES string of the molecule is CSCCc1nc(C2CCOC2)n(CC(=O)O)n1. The van der Waals surface area contributed by atoms with Crippen molar-refractivity contribution >= 4 is 17.7 Å². The van der Waals surface area contributed by atoms with Crippen molar-refractivity contribution in [1.29, 1.82) is 0 Å². The Morgan fingerprint density at radius 3 is 3.11 bits per heavy atom. The van der Waals surface area contributed by atoms with Crippen molar-refractivity contribution < 1.29 is 14.6 Å². The van der Waals surface area contributed by atoms with E-state index in [2.05, 4.69) is 10.1 Å². The van der Waals surface area contributed by atoms with E-state index in [0.29, 0.717) is 13.2 Å². The van der Waals surface area contributed by atoms with Crippen molar-refractivity contribution in [2.75, 3.05) is 25.2 Å². The summed E-state index contributed by atoms with van der Waals surface area (Å²) in [5.41, 5.74) is 0. The van der Waals surface area contributed by atoms with Crippen LogP contribution in [0.5, 0.6) is 0 Å². The van der Waals surface area contributed by atoms with E-state index in [9.17, 15) is 4.79 Å². The number of hydrogen-bond donors (Lipinski definition) is 1. The van der Waals surface area contributed by atoms with Crippen molar-refractivity contribution in [3.63, 3.8) is 0 Å². The summed E-state index contributed by atoms with van der Waals surface area (Å²) >= 11 is 1.73.